The second-order valence-corrected chi connectivity index (χ2v) is 7.56. The highest BCUT2D eigenvalue weighted by molar-refractivity contribution is 5.98. The van der Waals surface area contributed by atoms with E-state index >= 15 is 0 Å². The fourth-order valence-electron chi connectivity index (χ4n) is 4.06. The number of nitrogens with zero attached hydrogens (tertiary/aromatic N) is 2. The van der Waals surface area contributed by atoms with E-state index in [0.717, 1.165) is 50.3 Å². The van der Waals surface area contributed by atoms with Gasteiger partial charge in [0.1, 0.15) is 0 Å². The van der Waals surface area contributed by atoms with E-state index in [1.807, 2.05) is 52.3 Å². The van der Waals surface area contributed by atoms with Crippen LogP contribution in [0.15, 0.2) is 48.5 Å². The predicted octanol–water partition coefficient (Wildman–Crippen LogP) is 3.70. The molecule has 0 spiro atoms. The Morgan fingerprint density at radius 1 is 0.857 bits per heavy atom. The summed E-state index contributed by atoms with van der Waals surface area (Å²) in [5.74, 6) is 0.174. The monoisotopic (exact) mass is 377 g/mol. The van der Waals surface area contributed by atoms with Crippen molar-refractivity contribution in [2.45, 2.75) is 32.1 Å². The van der Waals surface area contributed by atoms with Crippen molar-refractivity contribution < 1.29 is 9.59 Å². The number of para-hydroxylation sites is 1. The smallest absolute Gasteiger partial charge is 0.253 e. The van der Waals surface area contributed by atoms with Gasteiger partial charge < -0.3 is 15.1 Å². The van der Waals surface area contributed by atoms with Crippen molar-refractivity contribution in [1.82, 2.24) is 4.90 Å². The average molecular weight is 377 g/mol. The lowest BCUT2D eigenvalue weighted by Crippen LogP contribution is -2.34. The zero-order chi connectivity index (χ0) is 19.3. The van der Waals surface area contributed by atoms with Crippen LogP contribution in [0.1, 0.15) is 41.6 Å². The van der Waals surface area contributed by atoms with Crippen LogP contribution in [0.25, 0.3) is 0 Å². The largest absolute Gasteiger partial charge is 0.376 e. The van der Waals surface area contributed by atoms with E-state index in [2.05, 4.69) is 11.4 Å². The molecule has 146 valence electrons. The molecule has 5 nitrogen and oxygen atoms in total. The summed E-state index contributed by atoms with van der Waals surface area (Å²) in [5.41, 5.74) is 3.82. The molecule has 0 bridgehead atoms. The summed E-state index contributed by atoms with van der Waals surface area (Å²) in [7, 11) is 0. The van der Waals surface area contributed by atoms with Gasteiger partial charge >= 0.3 is 0 Å². The maximum absolute atomic E-state index is 12.7. The first-order valence-electron chi connectivity index (χ1n) is 10.2. The number of nitrogens with one attached hydrogen (secondary N) is 1. The molecule has 0 unspecified atom stereocenters. The molecule has 0 saturated carbocycles. The van der Waals surface area contributed by atoms with Gasteiger partial charge in [-0.3, -0.25) is 9.59 Å². The fraction of sp³-hybridized carbons (Fsp3) is 0.391. The minimum Gasteiger partial charge on any atom is -0.376 e. The Balaban J connectivity index is 1.33. The van der Waals surface area contributed by atoms with Crippen LogP contribution in [-0.4, -0.2) is 42.9 Å². The number of anilines is 2. The van der Waals surface area contributed by atoms with Gasteiger partial charge in [-0.25, -0.2) is 0 Å². The molecule has 4 rings (SSSR count). The Labute approximate surface area is 166 Å². The van der Waals surface area contributed by atoms with E-state index in [1.165, 1.54) is 18.4 Å². The summed E-state index contributed by atoms with van der Waals surface area (Å²) < 4.78 is 0. The Bertz CT molecular complexity index is 839. The van der Waals surface area contributed by atoms with Crippen molar-refractivity contribution in [2.75, 3.05) is 36.4 Å². The standard InChI is InChI=1S/C23H27N3O2/c27-22(26-16-13-18-7-3-4-8-21(18)26)17-24-20-11-9-19(10-12-20)23(28)25-14-5-1-2-6-15-25/h3-4,7-12,24H,1-2,5-6,13-17H2. The molecule has 2 amide bonds. The lowest BCUT2D eigenvalue weighted by molar-refractivity contribution is -0.116. The predicted molar refractivity (Wildman–Crippen MR) is 112 cm³/mol. The Hall–Kier alpha value is -2.82. The van der Waals surface area contributed by atoms with Crippen molar-refractivity contribution >= 4 is 23.2 Å². The average Bonchev–Trinajstić information content (AvgIpc) is 2.98. The van der Waals surface area contributed by atoms with Gasteiger partial charge in [0.15, 0.2) is 0 Å². The highest BCUT2D eigenvalue weighted by Crippen LogP contribution is 2.27. The van der Waals surface area contributed by atoms with E-state index in [1.54, 1.807) is 0 Å². The number of carbonyl (C=O) groups excluding carboxylic acids is 2. The minimum absolute atomic E-state index is 0.0645. The Kier molecular flexibility index (Phi) is 5.60. The number of fused-ring (bicyclic) bond motifs is 1. The number of hydrogen-bond donors (Lipinski definition) is 1. The molecule has 2 aromatic rings. The molecule has 2 aromatic carbocycles. The summed E-state index contributed by atoms with van der Waals surface area (Å²) in [5, 5.41) is 3.19. The van der Waals surface area contributed by atoms with Gasteiger partial charge in [0, 0.05) is 36.6 Å². The van der Waals surface area contributed by atoms with Crippen LogP contribution >= 0.6 is 0 Å². The topological polar surface area (TPSA) is 52.7 Å². The molecule has 2 aliphatic heterocycles. The molecule has 0 aromatic heterocycles. The van der Waals surface area contributed by atoms with Crippen LogP contribution in [0.2, 0.25) is 0 Å². The third kappa shape index (κ3) is 4.03. The second kappa shape index (κ2) is 8.46. The van der Waals surface area contributed by atoms with E-state index < -0.39 is 0 Å². The van der Waals surface area contributed by atoms with Crippen molar-refractivity contribution in [2.24, 2.45) is 0 Å². The fourth-order valence-corrected chi connectivity index (χ4v) is 4.06. The van der Waals surface area contributed by atoms with Gasteiger partial charge in [-0.1, -0.05) is 31.0 Å². The van der Waals surface area contributed by atoms with Crippen molar-refractivity contribution in [3.63, 3.8) is 0 Å². The van der Waals surface area contributed by atoms with Crippen LogP contribution < -0.4 is 10.2 Å². The van der Waals surface area contributed by atoms with Gasteiger partial charge in [-0.05, 0) is 55.2 Å². The number of hydrogen-bond acceptors (Lipinski definition) is 3. The Morgan fingerprint density at radius 2 is 1.57 bits per heavy atom. The first-order valence-corrected chi connectivity index (χ1v) is 10.2. The molecule has 0 radical (unpaired) electrons. The van der Waals surface area contributed by atoms with Gasteiger partial charge in [-0.2, -0.15) is 0 Å². The molecule has 5 heteroatoms. The molecule has 2 heterocycles. The first kappa shape index (κ1) is 18.5. The van der Waals surface area contributed by atoms with Crippen LogP contribution in [0.4, 0.5) is 11.4 Å². The maximum Gasteiger partial charge on any atom is 0.253 e. The van der Waals surface area contributed by atoms with Crippen molar-refractivity contribution in [1.29, 1.82) is 0 Å². The number of rotatable bonds is 4. The summed E-state index contributed by atoms with van der Waals surface area (Å²) in [4.78, 5) is 29.1. The van der Waals surface area contributed by atoms with Crippen LogP contribution in [0.5, 0.6) is 0 Å². The first-order chi connectivity index (χ1) is 13.7. The van der Waals surface area contributed by atoms with Gasteiger partial charge in [0.2, 0.25) is 5.91 Å². The quantitative estimate of drug-likeness (QED) is 0.884. The molecule has 28 heavy (non-hydrogen) atoms. The molecule has 0 aliphatic carbocycles. The van der Waals surface area contributed by atoms with Gasteiger partial charge in [0.25, 0.3) is 5.91 Å². The normalized spacial score (nSPS) is 16.4. The second-order valence-electron chi connectivity index (χ2n) is 7.56. The lowest BCUT2D eigenvalue weighted by Gasteiger charge is -2.20. The molecular weight excluding hydrogens is 350 g/mol. The molecule has 1 saturated heterocycles. The van der Waals surface area contributed by atoms with Crippen LogP contribution in [0.3, 0.4) is 0 Å². The summed E-state index contributed by atoms with van der Waals surface area (Å²) >= 11 is 0. The minimum atomic E-state index is 0.0645. The van der Waals surface area contributed by atoms with E-state index in [4.69, 9.17) is 0 Å². The SMILES string of the molecule is O=C(c1ccc(NCC(=O)N2CCc3ccccc32)cc1)N1CCCCCC1. The van der Waals surface area contributed by atoms with E-state index in [9.17, 15) is 9.59 Å². The zero-order valence-corrected chi connectivity index (χ0v) is 16.2. The third-order valence-electron chi connectivity index (χ3n) is 5.66. The summed E-state index contributed by atoms with van der Waals surface area (Å²) in [6.07, 6.45) is 5.51. The molecule has 1 fully saturated rings. The lowest BCUT2D eigenvalue weighted by atomic mass is 10.1. The summed E-state index contributed by atoms with van der Waals surface area (Å²) in [6.45, 7) is 2.69. The molecule has 1 N–H and O–H groups in total. The van der Waals surface area contributed by atoms with Gasteiger partial charge in [-0.15, -0.1) is 0 Å². The van der Waals surface area contributed by atoms with E-state index in [-0.39, 0.29) is 18.4 Å². The van der Waals surface area contributed by atoms with Crippen LogP contribution in [0, 0.1) is 0 Å². The summed E-state index contributed by atoms with van der Waals surface area (Å²) in [6, 6.07) is 15.5. The highest BCUT2D eigenvalue weighted by atomic mass is 16.2. The van der Waals surface area contributed by atoms with E-state index in [0.29, 0.717) is 5.56 Å². The number of benzene rings is 2. The molecule has 0 atom stereocenters. The van der Waals surface area contributed by atoms with Crippen LogP contribution in [-0.2, 0) is 11.2 Å². The number of amides is 2. The third-order valence-corrected chi connectivity index (χ3v) is 5.66. The number of carbonyl (C=O) groups is 2. The molecule has 2 aliphatic rings. The Morgan fingerprint density at radius 3 is 2.32 bits per heavy atom. The molecular formula is C23H27N3O2. The highest BCUT2D eigenvalue weighted by Gasteiger charge is 2.23. The maximum atomic E-state index is 12.7. The number of likely N-dealkylation sites (tertiary alicyclic amines) is 1. The van der Waals surface area contributed by atoms with Crippen molar-refractivity contribution in [3.8, 4) is 0 Å². The van der Waals surface area contributed by atoms with Crippen molar-refractivity contribution in [3.05, 3.63) is 59.7 Å². The zero-order valence-electron chi connectivity index (χ0n) is 16.2. The van der Waals surface area contributed by atoms with Gasteiger partial charge in [0.05, 0.1) is 6.54 Å².